The van der Waals surface area contributed by atoms with E-state index in [9.17, 15) is 4.79 Å². The number of rotatable bonds is 1. The minimum absolute atomic E-state index is 0. The second kappa shape index (κ2) is 18.7. The predicted molar refractivity (Wildman–Crippen MR) is 51.9 cm³/mol. The molecule has 0 aromatic rings. The summed E-state index contributed by atoms with van der Waals surface area (Å²) in [4.78, 5) is 60.8. The number of hydrogen-bond acceptors (Lipinski definition) is 9. The molecule has 0 spiro atoms. The van der Waals surface area contributed by atoms with E-state index in [2.05, 4.69) is 12.3 Å². The van der Waals surface area contributed by atoms with Crippen molar-refractivity contribution in [1.29, 1.82) is 0 Å². The Kier molecular flexibility index (Phi) is 38.2. The number of nitrogens with two attached hydrogens (primary N) is 1. The van der Waals surface area contributed by atoms with Crippen molar-refractivity contribution < 1.29 is 43.3 Å². The second-order valence-electron chi connectivity index (χ2n) is 1.50. The first-order chi connectivity index (χ1) is 6.27. The molecule has 0 radical (unpaired) electrons. The summed E-state index contributed by atoms with van der Waals surface area (Å²) >= 11 is 0. The van der Waals surface area contributed by atoms with Gasteiger partial charge in [0.15, 0.2) is 0 Å². The number of carbonyl (C=O) groups is 1. The molecule has 0 fully saturated rings. The molecule has 0 saturated carbocycles. The Labute approximate surface area is 151 Å². The van der Waals surface area contributed by atoms with E-state index in [1.54, 1.807) is 0 Å². The molecule has 0 bridgehead atoms. The molecule has 2 N–H and O–H groups in total. The first-order valence-electron chi connectivity index (χ1n) is 2.65. The third kappa shape index (κ3) is 357. The Bertz CT molecular complexity index is 250. The number of phosphoric acid groups is 2. The van der Waals surface area contributed by atoms with Gasteiger partial charge in [0.1, 0.15) is 0 Å². The minimum Gasteiger partial charge on any atom is -0.822 e. The van der Waals surface area contributed by atoms with Gasteiger partial charge in [-0.1, -0.05) is 6.58 Å². The quantitative estimate of drug-likeness (QED) is 0.273. The van der Waals surface area contributed by atoms with Crippen LogP contribution in [-0.4, -0.2) is 75.1 Å². The molecule has 0 aliphatic heterocycles. The van der Waals surface area contributed by atoms with Gasteiger partial charge in [0, 0.05) is 0 Å². The van der Waals surface area contributed by atoms with Gasteiger partial charge in [-0.3, -0.25) is 4.79 Å². The monoisotopic (exact) mass is 333 g/mol. The van der Waals surface area contributed by atoms with Crippen LogP contribution in [0.1, 0.15) is 0 Å². The van der Waals surface area contributed by atoms with E-state index in [4.69, 9.17) is 38.5 Å². The van der Waals surface area contributed by atoms with Crippen molar-refractivity contribution in [3.63, 3.8) is 0 Å². The van der Waals surface area contributed by atoms with E-state index in [0.717, 1.165) is 6.08 Å². The third-order valence-electron chi connectivity index (χ3n) is 0.201. The van der Waals surface area contributed by atoms with Gasteiger partial charge in [-0.2, -0.15) is 15.6 Å². The van der Waals surface area contributed by atoms with Crippen LogP contribution in [-0.2, 0) is 13.9 Å². The van der Waals surface area contributed by atoms with Gasteiger partial charge < -0.3 is 44.2 Å². The summed E-state index contributed by atoms with van der Waals surface area (Å²) in [6.45, 7) is 3.09. The van der Waals surface area contributed by atoms with Crippen molar-refractivity contribution in [2.75, 3.05) is 0 Å². The average Bonchev–Trinajstić information content (AvgIpc) is 1.79. The second-order valence-corrected chi connectivity index (χ2v) is 3.29. The zero-order chi connectivity index (χ0) is 13.3. The van der Waals surface area contributed by atoms with Crippen molar-refractivity contribution in [2.24, 2.45) is 5.73 Å². The van der Waals surface area contributed by atoms with E-state index >= 15 is 0 Å². The van der Waals surface area contributed by atoms with Crippen LogP contribution in [0.25, 0.3) is 0 Å². The molecule has 18 heavy (non-hydrogen) atoms. The van der Waals surface area contributed by atoms with Crippen molar-refractivity contribution in [3.8, 4) is 0 Å². The molecule has 0 unspecified atom stereocenters. The smallest absolute Gasteiger partial charge is 0.822 e. The van der Waals surface area contributed by atoms with Crippen molar-refractivity contribution >= 4 is 90.7 Å². The molecule has 0 rings (SSSR count). The fourth-order valence-corrected chi connectivity index (χ4v) is 0. The standard InChI is InChI=1S/C3H5NO.3Mg.2H3O4P/c1-2-3(4)5;;;;2*1-5(2,3)4/h2H,1H2,(H2,4,5);;;;2*(H3,1,2,3,4)/q;3*+2;;/p-6. The zero-order valence-corrected chi connectivity index (χ0v) is 15.1. The average molecular weight is 334 g/mol. The first-order valence-corrected chi connectivity index (χ1v) is 5.57. The predicted octanol–water partition coefficient (Wildman–Crippen LogP) is -7.13. The van der Waals surface area contributed by atoms with Crippen LogP contribution in [0.2, 0.25) is 0 Å². The van der Waals surface area contributed by atoms with Crippen molar-refractivity contribution in [1.82, 2.24) is 0 Å². The molecule has 0 atom stereocenters. The van der Waals surface area contributed by atoms with Crippen LogP contribution in [0.5, 0.6) is 0 Å². The topological polar surface area (TPSA) is 216 Å². The molecule has 0 aromatic carbocycles. The summed E-state index contributed by atoms with van der Waals surface area (Å²) in [6.07, 6.45) is 1.06. The summed E-state index contributed by atoms with van der Waals surface area (Å²) in [7, 11) is -10.8. The maximum Gasteiger partial charge on any atom is 2.00 e. The van der Waals surface area contributed by atoms with Crippen LogP contribution in [0.3, 0.4) is 0 Å². The number of amides is 1. The van der Waals surface area contributed by atoms with Gasteiger partial charge >= 0.3 is 69.2 Å². The molecule has 0 aliphatic carbocycles. The maximum atomic E-state index is 9.47. The molecule has 0 aliphatic rings. The Hall–Kier alpha value is 1.73. The van der Waals surface area contributed by atoms with E-state index < -0.39 is 21.6 Å². The fourth-order valence-electron chi connectivity index (χ4n) is 0. The molecule has 92 valence electrons. The number of primary amides is 1. The number of carbonyl (C=O) groups excluding carboxylic acids is 1. The van der Waals surface area contributed by atoms with Crippen LogP contribution in [0.4, 0.5) is 0 Å². The molecule has 15 heteroatoms. The van der Waals surface area contributed by atoms with Gasteiger partial charge in [-0.05, 0) is 6.08 Å². The van der Waals surface area contributed by atoms with Gasteiger partial charge in [-0.25, -0.2) is 0 Å². The summed E-state index contributed by atoms with van der Waals surface area (Å²) in [6, 6.07) is 0. The Balaban J connectivity index is -0.0000000277. The SMILES string of the molecule is C=CC(N)=O.O=P([O-])([O-])[O-].O=P([O-])([O-])[O-].[Mg+2].[Mg+2].[Mg+2]. The Morgan fingerprint density at radius 1 is 0.889 bits per heavy atom. The normalized spacial score (nSPS) is 8.33. The van der Waals surface area contributed by atoms with E-state index in [1.165, 1.54) is 0 Å². The van der Waals surface area contributed by atoms with Crippen LogP contribution < -0.4 is 35.1 Å². The Morgan fingerprint density at radius 2 is 0.944 bits per heavy atom. The van der Waals surface area contributed by atoms with Gasteiger partial charge in [0.25, 0.3) is 0 Å². The van der Waals surface area contributed by atoms with Gasteiger partial charge in [0.05, 0.1) is 0 Å². The molecule has 1 amide bonds. The van der Waals surface area contributed by atoms with Crippen LogP contribution in [0.15, 0.2) is 12.7 Å². The van der Waals surface area contributed by atoms with Crippen molar-refractivity contribution in [2.45, 2.75) is 0 Å². The minimum atomic E-state index is -5.39. The first kappa shape index (κ1) is 36.7. The van der Waals surface area contributed by atoms with Gasteiger partial charge in [-0.15, -0.1) is 0 Å². The summed E-state index contributed by atoms with van der Waals surface area (Å²) in [5.41, 5.74) is 4.53. The van der Waals surface area contributed by atoms with Crippen LogP contribution in [0, 0.1) is 0 Å². The van der Waals surface area contributed by atoms with Crippen LogP contribution >= 0.6 is 15.6 Å². The van der Waals surface area contributed by atoms with E-state index in [0.29, 0.717) is 0 Å². The molecule has 0 saturated heterocycles. The molecule has 10 nitrogen and oxygen atoms in total. The largest absolute Gasteiger partial charge is 2.00 e. The van der Waals surface area contributed by atoms with E-state index in [-0.39, 0.29) is 69.2 Å². The number of hydrogen-bond donors (Lipinski definition) is 1. The summed E-state index contributed by atoms with van der Waals surface area (Å²) in [5, 5.41) is 0. The molecular formula is C3H5Mg3NO9P2. The van der Waals surface area contributed by atoms with Crippen molar-refractivity contribution in [3.05, 3.63) is 12.7 Å². The molecule has 0 aromatic heterocycles. The molecular weight excluding hydrogens is 329 g/mol. The zero-order valence-electron chi connectivity index (χ0n) is 9.05. The molecule has 0 heterocycles. The summed E-state index contributed by atoms with van der Waals surface area (Å²) < 4.78 is 17.1. The summed E-state index contributed by atoms with van der Waals surface area (Å²) in [5.74, 6) is -0.481. The maximum absolute atomic E-state index is 9.47. The Morgan fingerprint density at radius 3 is 0.944 bits per heavy atom. The third-order valence-corrected chi connectivity index (χ3v) is 0.201. The fraction of sp³-hybridized carbons (Fsp3) is 0. The van der Waals surface area contributed by atoms with E-state index in [1.807, 2.05) is 0 Å². The van der Waals surface area contributed by atoms with Gasteiger partial charge in [0.2, 0.25) is 5.91 Å².